The van der Waals surface area contributed by atoms with Crippen molar-refractivity contribution in [2.75, 3.05) is 0 Å². The van der Waals surface area contributed by atoms with E-state index < -0.39 is 0 Å². The van der Waals surface area contributed by atoms with Gasteiger partial charge in [0.05, 0.1) is 5.52 Å². The van der Waals surface area contributed by atoms with Crippen LogP contribution in [0.4, 0.5) is 0 Å². The van der Waals surface area contributed by atoms with Crippen molar-refractivity contribution in [1.29, 1.82) is 0 Å². The van der Waals surface area contributed by atoms with Gasteiger partial charge in [0.25, 0.3) is 0 Å². The van der Waals surface area contributed by atoms with Gasteiger partial charge >= 0.3 is 0 Å². The van der Waals surface area contributed by atoms with Gasteiger partial charge in [-0.1, -0.05) is 173 Å². The summed E-state index contributed by atoms with van der Waals surface area (Å²) in [5, 5.41) is 1.35. The minimum absolute atomic E-state index is 0.00146. The zero-order valence-electron chi connectivity index (χ0n) is 40.2. The summed E-state index contributed by atoms with van der Waals surface area (Å²) in [5.41, 5.74) is 19.1. The fourth-order valence-corrected chi connectivity index (χ4v) is 12.6. The molecule has 3 heteroatoms. The lowest BCUT2D eigenvalue weighted by molar-refractivity contribution is 0.395. The Morgan fingerprint density at radius 1 is 0.776 bits per heavy atom. The zero-order valence-corrected chi connectivity index (χ0v) is 40.2. The molecular weight excluding hydrogens is 811 g/mol. The summed E-state index contributed by atoms with van der Waals surface area (Å²) in [5.74, 6) is 2.43. The van der Waals surface area contributed by atoms with Crippen LogP contribution in [0.1, 0.15) is 133 Å². The number of aromatic nitrogens is 1. The Morgan fingerprint density at radius 3 is 2.40 bits per heavy atom. The predicted molar refractivity (Wildman–Crippen MR) is 286 cm³/mol. The highest BCUT2D eigenvalue weighted by Gasteiger charge is 2.46. The third-order valence-electron chi connectivity index (χ3n) is 16.1. The monoisotopic (exact) mass is 878 g/mol. The largest absolute Gasteiger partial charge is 0.318 e. The van der Waals surface area contributed by atoms with Crippen LogP contribution < -0.4 is 0 Å². The second kappa shape index (κ2) is 18.6. The Hall–Kier alpha value is -6.06. The molecule has 0 spiro atoms. The van der Waals surface area contributed by atoms with Crippen LogP contribution >= 0.6 is 0 Å². The van der Waals surface area contributed by atoms with E-state index in [1.165, 1.54) is 72.3 Å². The van der Waals surface area contributed by atoms with Gasteiger partial charge in [0.1, 0.15) is 6.17 Å². The van der Waals surface area contributed by atoms with E-state index in [2.05, 4.69) is 190 Å². The van der Waals surface area contributed by atoms with Gasteiger partial charge in [-0.2, -0.15) is 0 Å². The lowest BCUT2D eigenvalue weighted by Gasteiger charge is -2.30. The molecule has 1 heterocycles. The molecule has 338 valence electrons. The van der Waals surface area contributed by atoms with Crippen molar-refractivity contribution in [3.8, 4) is 11.1 Å². The van der Waals surface area contributed by atoms with Crippen molar-refractivity contribution < 1.29 is 0 Å². The average molecular weight is 878 g/mol. The number of nitrogens with zero attached hydrogens (tertiary/aromatic N) is 3. The molecule has 0 bridgehead atoms. The molecule has 0 aliphatic heterocycles. The fraction of sp³-hybridized carbons (Fsp3) is 0.344. The van der Waals surface area contributed by atoms with Crippen LogP contribution in [-0.2, 0) is 11.8 Å². The highest BCUT2D eigenvalue weighted by Crippen LogP contribution is 2.56. The van der Waals surface area contributed by atoms with Crippen molar-refractivity contribution in [3.05, 3.63) is 208 Å². The molecule has 67 heavy (non-hydrogen) atoms. The van der Waals surface area contributed by atoms with Crippen LogP contribution in [-0.4, -0.2) is 16.1 Å². The highest BCUT2D eigenvalue weighted by atomic mass is 15.2. The number of hydrogen-bond donors (Lipinski definition) is 0. The van der Waals surface area contributed by atoms with Crippen molar-refractivity contribution in [3.63, 3.8) is 0 Å². The standard InChI is InChI=1S/C64H67N3/c1-5-19-61(66-63(65-43(2)44-20-9-6-10-21-44)48-34-32-47(33-35-48)45-22-11-7-12-23-45)67-59-39-37-51(50-27-17-26-49(40-50)46-24-13-8-14-25-46)41-57(59)55-38-36-52(42-60(55)67)53-29-18-30-56-54-28-15-16-31-58(54)64(3,4)62(53)56/h6,8-9,11,13,15-16,18,20,22-24,27-32,34-40,42,47,51,54,58,61H,5,7,10,12,14,17,19,21,25-26,33,41H2,1-4H3/b65-43+,66-63-. The first-order valence-electron chi connectivity index (χ1n) is 25.7. The topological polar surface area (TPSA) is 29.6 Å². The molecule has 0 amide bonds. The van der Waals surface area contributed by atoms with E-state index in [4.69, 9.17) is 9.98 Å². The molecule has 0 saturated carbocycles. The number of fused-ring (bicyclic) bond motifs is 6. The van der Waals surface area contributed by atoms with E-state index >= 15 is 0 Å². The lowest BCUT2D eigenvalue weighted by atomic mass is 9.73. The Labute approximate surface area is 400 Å². The van der Waals surface area contributed by atoms with Crippen LogP contribution in [0.25, 0.3) is 28.1 Å². The molecule has 8 aliphatic rings. The van der Waals surface area contributed by atoms with E-state index in [9.17, 15) is 0 Å². The van der Waals surface area contributed by atoms with Crippen LogP contribution in [0.3, 0.4) is 0 Å². The second-order valence-electron chi connectivity index (χ2n) is 20.6. The molecule has 8 aliphatic carbocycles. The van der Waals surface area contributed by atoms with E-state index in [0.29, 0.717) is 23.7 Å². The second-order valence-corrected chi connectivity index (χ2v) is 20.6. The molecule has 1 aromatic heterocycles. The zero-order chi connectivity index (χ0) is 45.5. The molecule has 0 saturated heterocycles. The molecule has 3 aromatic rings. The summed E-state index contributed by atoms with van der Waals surface area (Å²) < 4.78 is 2.63. The Morgan fingerprint density at radius 2 is 1.61 bits per heavy atom. The van der Waals surface area contributed by atoms with Crippen molar-refractivity contribution >= 4 is 28.5 Å². The first-order valence-corrected chi connectivity index (χ1v) is 25.7. The van der Waals surface area contributed by atoms with Crippen LogP contribution in [0, 0.1) is 17.8 Å². The molecule has 3 nitrogen and oxygen atoms in total. The maximum atomic E-state index is 5.88. The summed E-state index contributed by atoms with van der Waals surface area (Å²) >= 11 is 0. The number of amidine groups is 1. The van der Waals surface area contributed by atoms with Gasteiger partial charge < -0.3 is 4.57 Å². The van der Waals surface area contributed by atoms with E-state index in [1.807, 2.05) is 0 Å². The third kappa shape index (κ3) is 8.27. The number of rotatable bonds is 10. The minimum Gasteiger partial charge on any atom is -0.318 e. The molecule has 5 unspecified atom stereocenters. The van der Waals surface area contributed by atoms with Gasteiger partial charge in [-0.15, -0.1) is 0 Å². The lowest BCUT2D eigenvalue weighted by Crippen LogP contribution is -2.25. The highest BCUT2D eigenvalue weighted by molar-refractivity contribution is 6.12. The van der Waals surface area contributed by atoms with Crippen LogP contribution in [0.5, 0.6) is 0 Å². The quantitative estimate of drug-likeness (QED) is 0.143. The van der Waals surface area contributed by atoms with E-state index in [0.717, 1.165) is 94.2 Å². The summed E-state index contributed by atoms with van der Waals surface area (Å²) in [6.07, 6.45) is 59.8. The maximum absolute atomic E-state index is 5.88. The van der Waals surface area contributed by atoms with Gasteiger partial charge in [-0.3, -0.25) is 0 Å². The first kappa shape index (κ1) is 43.5. The number of benzene rings is 2. The Kier molecular flexibility index (Phi) is 12.0. The molecule has 2 aromatic carbocycles. The van der Waals surface area contributed by atoms with Gasteiger partial charge in [0.2, 0.25) is 0 Å². The van der Waals surface area contributed by atoms with Gasteiger partial charge in [0, 0.05) is 40.1 Å². The fourth-order valence-electron chi connectivity index (χ4n) is 12.6. The molecule has 0 fully saturated rings. The van der Waals surface area contributed by atoms with E-state index in [1.54, 1.807) is 0 Å². The van der Waals surface area contributed by atoms with Crippen molar-refractivity contribution in [2.45, 2.75) is 122 Å². The minimum atomic E-state index is -0.141. The molecule has 11 rings (SSSR count). The average Bonchev–Trinajstić information content (AvgIpc) is 3.84. The summed E-state index contributed by atoms with van der Waals surface area (Å²) in [6, 6.07) is 14.5. The molecule has 0 N–H and O–H groups in total. The molecular formula is C64H67N3. The molecule has 0 radical (unpaired) electrons. The van der Waals surface area contributed by atoms with Crippen LogP contribution in [0.2, 0.25) is 0 Å². The Bertz CT molecular complexity index is 2970. The van der Waals surface area contributed by atoms with Crippen LogP contribution in [0.15, 0.2) is 195 Å². The van der Waals surface area contributed by atoms with Gasteiger partial charge in [-0.25, -0.2) is 9.98 Å². The SMILES string of the molecule is CCCC(/N=C(\N=C(/C)C1=CC=CCC1)C1=CCC(C2=CCCC=C2)C=C1)n1c2c(c3ccc(-c4cccc5c4C(C)(C)C4C=CC=CC54)cc31)CC(C1=CCCC(C3=CC=CCC3)=C1)C=C2. The summed E-state index contributed by atoms with van der Waals surface area (Å²) in [4.78, 5) is 11.4. The number of aliphatic imine (C=N–C) groups is 2. The molecule has 5 atom stereocenters. The normalized spacial score (nSPS) is 25.5. The predicted octanol–water partition coefficient (Wildman–Crippen LogP) is 16.7. The first-order chi connectivity index (χ1) is 32.9. The number of allylic oxidation sites excluding steroid dienone is 23. The van der Waals surface area contributed by atoms with Crippen molar-refractivity contribution in [2.24, 2.45) is 27.7 Å². The summed E-state index contributed by atoms with van der Waals surface area (Å²) in [7, 11) is 0. The smallest absolute Gasteiger partial charge is 0.156 e. The van der Waals surface area contributed by atoms with Gasteiger partial charge in [-0.05, 0) is 157 Å². The Balaban J connectivity index is 1.06. The van der Waals surface area contributed by atoms with E-state index in [-0.39, 0.29) is 11.6 Å². The number of hydrogen-bond acceptors (Lipinski definition) is 1. The van der Waals surface area contributed by atoms with Gasteiger partial charge in [0.15, 0.2) is 5.84 Å². The summed E-state index contributed by atoms with van der Waals surface area (Å²) in [6.45, 7) is 9.43. The van der Waals surface area contributed by atoms with Crippen molar-refractivity contribution in [1.82, 2.24) is 4.57 Å². The maximum Gasteiger partial charge on any atom is 0.156 e. The third-order valence-corrected chi connectivity index (χ3v) is 16.1.